The number of nitrogens with two attached hydrogens (primary N) is 1. The summed E-state index contributed by atoms with van der Waals surface area (Å²) in [7, 11) is 0. The number of carbonyl (C=O) groups excluding carboxylic acids is 4. The Kier molecular flexibility index (Phi) is 12.8. The smallest absolute Gasteiger partial charge is 0.248 e. The summed E-state index contributed by atoms with van der Waals surface area (Å²) in [6.07, 6.45) is 2.21. The molecule has 49 heavy (non-hydrogen) atoms. The Morgan fingerprint density at radius 1 is 1.04 bits per heavy atom. The number of amides is 4. The number of halogens is 2. The summed E-state index contributed by atoms with van der Waals surface area (Å²) in [5, 5.41) is 12.7. The predicted octanol–water partition coefficient (Wildman–Crippen LogP) is 3.39. The van der Waals surface area contributed by atoms with Crippen molar-refractivity contribution in [2.75, 3.05) is 39.5 Å². The Hall–Kier alpha value is -4.46. The van der Waals surface area contributed by atoms with E-state index in [9.17, 15) is 33.1 Å². The number of nitrogens with one attached hydrogen (secondary N) is 1. The highest BCUT2D eigenvalue weighted by molar-refractivity contribution is 6.01. The van der Waals surface area contributed by atoms with Gasteiger partial charge in [0.25, 0.3) is 0 Å². The molecule has 0 spiro atoms. The summed E-state index contributed by atoms with van der Waals surface area (Å²) >= 11 is 0. The van der Waals surface area contributed by atoms with Crippen LogP contribution in [0.5, 0.6) is 0 Å². The van der Waals surface area contributed by atoms with Crippen LogP contribution in [0.15, 0.2) is 60.8 Å². The first-order valence-corrected chi connectivity index (χ1v) is 16.3. The van der Waals surface area contributed by atoms with Gasteiger partial charge in [-0.3, -0.25) is 24.1 Å². The van der Waals surface area contributed by atoms with E-state index in [0.717, 1.165) is 28.7 Å². The third kappa shape index (κ3) is 9.80. The molecule has 2 heterocycles. The molecule has 1 aliphatic rings. The molecule has 1 aliphatic heterocycles. The number of likely N-dealkylation sites (tertiary alicyclic amines) is 1. The quantitative estimate of drug-likeness (QED) is 0.155. The third-order valence-corrected chi connectivity index (χ3v) is 8.41. The third-order valence-electron chi connectivity index (χ3n) is 8.41. The number of aliphatic hydroxyl groups excluding tert-OH is 1. The first kappa shape index (κ1) is 37.4. The lowest BCUT2D eigenvalue weighted by Crippen LogP contribution is -2.48. The Morgan fingerprint density at radius 3 is 2.39 bits per heavy atom. The van der Waals surface area contributed by atoms with E-state index in [1.54, 1.807) is 12.3 Å². The van der Waals surface area contributed by atoms with E-state index in [1.807, 2.05) is 55.7 Å². The second-order valence-electron chi connectivity index (χ2n) is 13.1. The van der Waals surface area contributed by atoms with E-state index < -0.39 is 47.6 Å². The van der Waals surface area contributed by atoms with Gasteiger partial charge in [0, 0.05) is 55.5 Å². The first-order chi connectivity index (χ1) is 23.3. The lowest BCUT2D eigenvalue weighted by atomic mass is 9.82. The minimum atomic E-state index is -0.998. The van der Waals surface area contributed by atoms with Crippen LogP contribution in [0.2, 0.25) is 0 Å². The van der Waals surface area contributed by atoms with E-state index in [4.69, 9.17) is 10.5 Å². The Balaban J connectivity index is 1.50. The van der Waals surface area contributed by atoms with Crippen LogP contribution in [0.25, 0.3) is 11.1 Å². The fourth-order valence-electron chi connectivity index (χ4n) is 6.02. The largest absolute Gasteiger partial charge is 0.387 e. The number of imide groups is 1. The number of hydrogen-bond acceptors (Lipinski definition) is 7. The molecule has 4 amide bonds. The lowest BCUT2D eigenvalue weighted by Gasteiger charge is -2.41. The van der Waals surface area contributed by atoms with Gasteiger partial charge in [0.1, 0.15) is 18.2 Å². The molecule has 264 valence electrons. The molecule has 3 aromatic rings. The number of carbonyl (C=O) groups is 4. The van der Waals surface area contributed by atoms with Crippen LogP contribution in [-0.4, -0.2) is 88.6 Å². The molecule has 4 N–H and O–H groups in total. The summed E-state index contributed by atoms with van der Waals surface area (Å²) in [4.78, 5) is 52.2. The van der Waals surface area contributed by atoms with Crippen molar-refractivity contribution in [1.82, 2.24) is 19.7 Å². The van der Waals surface area contributed by atoms with Crippen molar-refractivity contribution < 1.29 is 37.8 Å². The van der Waals surface area contributed by atoms with E-state index >= 15 is 0 Å². The van der Waals surface area contributed by atoms with Crippen LogP contribution >= 0.6 is 0 Å². The Bertz CT molecular complexity index is 1610. The van der Waals surface area contributed by atoms with Crippen molar-refractivity contribution in [1.29, 1.82) is 0 Å². The van der Waals surface area contributed by atoms with E-state index in [1.165, 1.54) is 4.90 Å². The number of aromatic nitrogens is 1. The van der Waals surface area contributed by atoms with Crippen LogP contribution < -0.4 is 11.1 Å². The maximum atomic E-state index is 15.0. The molecule has 0 saturated carbocycles. The zero-order chi connectivity index (χ0) is 35.7. The second-order valence-corrected chi connectivity index (χ2v) is 13.1. The highest BCUT2D eigenvalue weighted by atomic mass is 19.1. The van der Waals surface area contributed by atoms with Crippen LogP contribution in [0.3, 0.4) is 0 Å². The molecule has 2 atom stereocenters. The van der Waals surface area contributed by atoms with Gasteiger partial charge < -0.3 is 30.4 Å². The molecule has 13 heteroatoms. The SMILES string of the molecule is CC(C)(C)[C@H](c1cc(-c2cc(F)ccc2F)cn1Cc1ccccc1)N(CC[C@H](N)C(=O)NCCOCCN1C(=O)CCC1=O)C(=O)CO. The molecule has 0 radical (unpaired) electrons. The van der Waals surface area contributed by atoms with Crippen LogP contribution in [0.1, 0.15) is 57.3 Å². The summed E-state index contributed by atoms with van der Waals surface area (Å²) in [6.45, 7) is 5.98. The monoisotopic (exact) mass is 681 g/mol. The standard InChI is InChI=1S/C36H45F2N5O6/c1-36(2,3)34(30-19-25(27-20-26(37)9-10-28(27)38)22-41(30)21-24-7-5-4-6-8-24)43(33(47)23-44)15-13-29(39)35(48)40-14-17-49-18-16-42-31(45)11-12-32(42)46/h4-10,19-20,22,29,34,44H,11-18,21,23,39H2,1-3H3,(H,40,48)/t29-,34-/m0/s1. The predicted molar refractivity (Wildman–Crippen MR) is 179 cm³/mol. The van der Waals surface area contributed by atoms with Crippen molar-refractivity contribution in [3.05, 3.63) is 83.7 Å². The summed E-state index contributed by atoms with van der Waals surface area (Å²) in [5.74, 6) is -2.68. The van der Waals surface area contributed by atoms with Crippen molar-refractivity contribution in [3.63, 3.8) is 0 Å². The number of aliphatic hydroxyl groups is 1. The molecule has 1 aromatic heterocycles. The number of benzene rings is 2. The highest BCUT2D eigenvalue weighted by Gasteiger charge is 2.37. The van der Waals surface area contributed by atoms with Crippen molar-refractivity contribution >= 4 is 23.6 Å². The normalized spacial score (nSPS) is 14.6. The van der Waals surface area contributed by atoms with Gasteiger partial charge in [-0.2, -0.15) is 0 Å². The lowest BCUT2D eigenvalue weighted by molar-refractivity contribution is -0.140. The maximum absolute atomic E-state index is 15.0. The molecule has 0 bridgehead atoms. The number of hydrogen-bond donors (Lipinski definition) is 3. The minimum absolute atomic E-state index is 0.0183. The molecular weight excluding hydrogens is 636 g/mol. The van der Waals surface area contributed by atoms with Gasteiger partial charge in [0.05, 0.1) is 31.8 Å². The van der Waals surface area contributed by atoms with Gasteiger partial charge in [0.2, 0.25) is 23.6 Å². The average molecular weight is 682 g/mol. The molecular formula is C36H45F2N5O6. The van der Waals surface area contributed by atoms with E-state index in [0.29, 0.717) is 17.8 Å². The second kappa shape index (κ2) is 16.8. The summed E-state index contributed by atoms with van der Waals surface area (Å²) in [5.41, 5.74) is 7.68. The number of ether oxygens (including phenoxy) is 1. The topological polar surface area (TPSA) is 147 Å². The van der Waals surface area contributed by atoms with E-state index in [2.05, 4.69) is 5.32 Å². The minimum Gasteiger partial charge on any atom is -0.387 e. The van der Waals surface area contributed by atoms with Gasteiger partial charge in [0.15, 0.2) is 0 Å². The summed E-state index contributed by atoms with van der Waals surface area (Å²) in [6, 6.07) is 12.9. The number of rotatable bonds is 16. The van der Waals surface area contributed by atoms with Crippen molar-refractivity contribution in [2.45, 2.75) is 58.7 Å². The molecule has 1 saturated heterocycles. The first-order valence-electron chi connectivity index (χ1n) is 16.3. The zero-order valence-electron chi connectivity index (χ0n) is 28.2. The molecule has 1 fully saturated rings. The molecule has 11 nitrogen and oxygen atoms in total. The highest BCUT2D eigenvalue weighted by Crippen LogP contribution is 2.41. The van der Waals surface area contributed by atoms with Gasteiger partial charge in [-0.15, -0.1) is 0 Å². The van der Waals surface area contributed by atoms with E-state index in [-0.39, 0.29) is 69.5 Å². The number of nitrogens with zero attached hydrogens (tertiary/aromatic N) is 3. The maximum Gasteiger partial charge on any atom is 0.248 e. The molecule has 0 aliphatic carbocycles. The Labute approximate surface area is 285 Å². The zero-order valence-corrected chi connectivity index (χ0v) is 28.2. The summed E-state index contributed by atoms with van der Waals surface area (Å²) < 4.78 is 36.6. The van der Waals surface area contributed by atoms with Gasteiger partial charge in [-0.1, -0.05) is 51.1 Å². The van der Waals surface area contributed by atoms with Crippen LogP contribution in [0, 0.1) is 17.0 Å². The fourth-order valence-corrected chi connectivity index (χ4v) is 6.02. The molecule has 4 rings (SSSR count). The molecule has 2 aromatic carbocycles. The van der Waals surface area contributed by atoms with Gasteiger partial charge in [-0.25, -0.2) is 8.78 Å². The Morgan fingerprint density at radius 2 is 1.73 bits per heavy atom. The van der Waals surface area contributed by atoms with Crippen LogP contribution in [-0.2, 0) is 30.5 Å². The van der Waals surface area contributed by atoms with Crippen molar-refractivity contribution in [2.24, 2.45) is 11.1 Å². The molecule has 0 unspecified atom stereocenters. The van der Waals surface area contributed by atoms with Gasteiger partial charge >= 0.3 is 0 Å². The fraction of sp³-hybridized carbons (Fsp3) is 0.444. The van der Waals surface area contributed by atoms with Crippen molar-refractivity contribution in [3.8, 4) is 11.1 Å². The van der Waals surface area contributed by atoms with Gasteiger partial charge in [-0.05, 0) is 41.7 Å². The van der Waals surface area contributed by atoms with Crippen LogP contribution in [0.4, 0.5) is 8.78 Å². The average Bonchev–Trinajstić information content (AvgIpc) is 3.62.